The van der Waals surface area contributed by atoms with Crippen molar-refractivity contribution in [3.63, 3.8) is 0 Å². The van der Waals surface area contributed by atoms with Gasteiger partial charge in [-0.05, 0) is 39.4 Å². The molecule has 0 atom stereocenters. The molecule has 3 heterocycles. The van der Waals surface area contributed by atoms with Gasteiger partial charge in [0.05, 0.1) is 0 Å². The summed E-state index contributed by atoms with van der Waals surface area (Å²) in [5.74, 6) is 0. The summed E-state index contributed by atoms with van der Waals surface area (Å²) in [7, 11) is 0. The van der Waals surface area contributed by atoms with Crippen molar-refractivity contribution in [2.24, 2.45) is 0 Å². The zero-order chi connectivity index (χ0) is 16.8. The van der Waals surface area contributed by atoms with Gasteiger partial charge in [-0.25, -0.2) is 12.2 Å². The van der Waals surface area contributed by atoms with Crippen molar-refractivity contribution in [1.82, 2.24) is 29.3 Å². The van der Waals surface area contributed by atoms with Crippen LogP contribution in [0.2, 0.25) is 0 Å². The third-order valence-corrected chi connectivity index (χ3v) is 2.89. The molecule has 1 radical (unpaired) electrons. The maximum absolute atomic E-state index is 4.78. The topological polar surface area (TPSA) is 53.5 Å². The van der Waals surface area contributed by atoms with Gasteiger partial charge >= 0.3 is 17.1 Å². The Labute approximate surface area is 153 Å². The fourth-order valence-electron chi connectivity index (χ4n) is 1.88. The van der Waals surface area contributed by atoms with Gasteiger partial charge in [0.2, 0.25) is 0 Å². The Balaban J connectivity index is 0.000000522. The van der Waals surface area contributed by atoms with E-state index in [0.717, 1.165) is 23.0 Å². The van der Waals surface area contributed by atoms with Crippen LogP contribution in [0.1, 0.15) is 16.7 Å². The third kappa shape index (κ3) is 4.75. The van der Waals surface area contributed by atoms with Crippen LogP contribution in [0, 0.1) is 33.6 Å². The number of aryl methyl sites for hydroxylation is 3. The predicted molar refractivity (Wildman–Crippen MR) is 89.4 cm³/mol. The normalized spacial score (nSPS) is 9.46. The van der Waals surface area contributed by atoms with Gasteiger partial charge in [0, 0.05) is 18.6 Å². The van der Waals surface area contributed by atoms with Crippen molar-refractivity contribution >= 4 is 0 Å². The smallest absolute Gasteiger partial charge is 0.293 e. The summed E-state index contributed by atoms with van der Waals surface area (Å²) in [6, 6.07) is 0. The number of hydrogen-bond donors (Lipinski definition) is 0. The van der Waals surface area contributed by atoms with Crippen LogP contribution < -0.4 is 0 Å². The molecule has 0 bridgehead atoms. The van der Waals surface area contributed by atoms with Gasteiger partial charge in [-0.1, -0.05) is 16.7 Å². The second kappa shape index (κ2) is 8.96. The van der Waals surface area contributed by atoms with Crippen LogP contribution >= 0.6 is 0 Å². The van der Waals surface area contributed by atoms with Crippen LogP contribution in [0.3, 0.4) is 0 Å². The molecule has 0 saturated carbocycles. The van der Waals surface area contributed by atoms with E-state index in [-0.39, 0.29) is 17.1 Å². The van der Waals surface area contributed by atoms with Gasteiger partial charge in [0.25, 0.3) is 0 Å². The quantitative estimate of drug-likeness (QED) is 0.407. The van der Waals surface area contributed by atoms with E-state index < -0.39 is 0 Å². The molecule has 3 aromatic heterocycles. The molecule has 3 rings (SSSR count). The molecular weight excluding hydrogens is 343 g/mol. The zero-order valence-electron chi connectivity index (χ0n) is 14.0. The SMILES string of the molecule is Cc1cnn([C-](n2cc(C)cn2)n2cc(C)cn2)c1.[CH-]=CC=C.[Mn+2]. The summed E-state index contributed by atoms with van der Waals surface area (Å²) >= 11 is 0. The van der Waals surface area contributed by atoms with Gasteiger partial charge in [-0.15, -0.1) is 0 Å². The minimum absolute atomic E-state index is 0. The molecule has 0 N–H and O–H groups in total. The number of allylic oxidation sites excluding steroid dienone is 2. The summed E-state index contributed by atoms with van der Waals surface area (Å²) in [6.45, 7) is 14.1. The summed E-state index contributed by atoms with van der Waals surface area (Å²) in [4.78, 5) is 0. The van der Waals surface area contributed by atoms with Crippen LogP contribution in [0.25, 0.3) is 0 Å². The van der Waals surface area contributed by atoms with E-state index in [4.69, 9.17) is 6.58 Å². The van der Waals surface area contributed by atoms with Gasteiger partial charge in [0.1, 0.15) is 0 Å². The van der Waals surface area contributed by atoms with Crippen molar-refractivity contribution in [2.75, 3.05) is 0 Å². The molecule has 125 valence electrons. The monoisotopic (exact) mass is 363 g/mol. The van der Waals surface area contributed by atoms with Crippen LogP contribution in [-0.2, 0) is 17.1 Å². The van der Waals surface area contributed by atoms with E-state index in [1.807, 2.05) is 58.0 Å². The van der Waals surface area contributed by atoms with Gasteiger partial charge in [-0.3, -0.25) is 20.6 Å². The molecule has 0 spiro atoms. The first-order chi connectivity index (χ1) is 11.0. The Morgan fingerprint density at radius 2 is 1.17 bits per heavy atom. The average Bonchev–Trinajstić information content (AvgIpc) is 3.24. The Kier molecular flexibility index (Phi) is 7.29. The number of hydrogen-bond acceptors (Lipinski definition) is 3. The first-order valence-corrected chi connectivity index (χ1v) is 7.13. The summed E-state index contributed by atoms with van der Waals surface area (Å²) in [5, 5.41) is 13.0. The summed E-state index contributed by atoms with van der Waals surface area (Å²) in [5.41, 5.74) is 3.26. The molecule has 0 unspecified atom stereocenters. The molecule has 0 aromatic carbocycles. The molecule has 24 heavy (non-hydrogen) atoms. The average molecular weight is 363 g/mol. The minimum atomic E-state index is 0. The summed E-state index contributed by atoms with van der Waals surface area (Å²) < 4.78 is 5.32. The number of nitrogens with zero attached hydrogens (tertiary/aromatic N) is 6. The fraction of sp³-hybridized carbons (Fsp3) is 0.176. The second-order valence-corrected chi connectivity index (χ2v) is 5.11. The minimum Gasteiger partial charge on any atom is -0.293 e. The van der Waals surface area contributed by atoms with Crippen molar-refractivity contribution in [3.05, 3.63) is 85.5 Å². The van der Waals surface area contributed by atoms with Crippen molar-refractivity contribution in [1.29, 1.82) is 0 Å². The van der Waals surface area contributed by atoms with Crippen LogP contribution in [-0.4, -0.2) is 29.3 Å². The van der Waals surface area contributed by atoms with E-state index in [2.05, 4.69) is 21.9 Å². The molecular formula is C17H20MnN6. The van der Waals surface area contributed by atoms with E-state index in [1.54, 1.807) is 14.0 Å². The van der Waals surface area contributed by atoms with Crippen LogP contribution in [0.15, 0.2) is 55.9 Å². The zero-order valence-corrected chi connectivity index (χ0v) is 15.1. The summed E-state index contributed by atoms with van der Waals surface area (Å²) in [6.07, 6.45) is 15.0. The fourth-order valence-corrected chi connectivity index (χ4v) is 1.88. The van der Waals surface area contributed by atoms with E-state index >= 15 is 0 Å². The van der Waals surface area contributed by atoms with Gasteiger partial charge < -0.3 is 0 Å². The van der Waals surface area contributed by atoms with Gasteiger partial charge in [0.15, 0.2) is 6.29 Å². The second-order valence-electron chi connectivity index (χ2n) is 5.11. The first-order valence-electron chi connectivity index (χ1n) is 7.13. The van der Waals surface area contributed by atoms with Crippen molar-refractivity contribution < 1.29 is 17.1 Å². The predicted octanol–water partition coefficient (Wildman–Crippen LogP) is 2.75. The molecule has 0 saturated heterocycles. The van der Waals surface area contributed by atoms with Gasteiger partial charge in [-0.2, -0.15) is 21.9 Å². The standard InChI is InChI=1S/C13H15N6.C4H5.Mn/c1-10-4-14-17(7-10)13(18-8-11(2)5-15-18)19-9-12(3)6-16-19;1-3-4-2;/h4-9H,1-3H3;1,3-4H,2H2;/q2*-1;+2. The molecule has 7 heteroatoms. The van der Waals surface area contributed by atoms with Crippen LogP contribution in [0.5, 0.6) is 0 Å². The first kappa shape index (κ1) is 19.5. The van der Waals surface area contributed by atoms with Crippen molar-refractivity contribution in [2.45, 2.75) is 20.8 Å². The number of aromatic nitrogens is 6. The van der Waals surface area contributed by atoms with E-state index in [1.165, 1.54) is 12.2 Å². The Hall–Kier alpha value is -2.50. The maximum Gasteiger partial charge on any atom is 2.00 e. The molecule has 3 aromatic rings. The Morgan fingerprint density at radius 3 is 1.33 bits per heavy atom. The Morgan fingerprint density at radius 1 is 0.875 bits per heavy atom. The molecule has 0 fully saturated rings. The Bertz CT molecular complexity index is 681. The molecule has 0 aliphatic heterocycles. The van der Waals surface area contributed by atoms with Crippen LogP contribution in [0.4, 0.5) is 0 Å². The molecule has 6 nitrogen and oxygen atoms in total. The third-order valence-electron chi connectivity index (χ3n) is 2.89. The molecule has 0 aliphatic carbocycles. The van der Waals surface area contributed by atoms with Crippen molar-refractivity contribution in [3.8, 4) is 0 Å². The molecule has 0 amide bonds. The van der Waals surface area contributed by atoms with E-state index in [9.17, 15) is 0 Å². The molecule has 0 aliphatic rings. The van der Waals surface area contributed by atoms with E-state index in [0.29, 0.717) is 0 Å². The maximum atomic E-state index is 4.78. The number of rotatable bonds is 4. The largest absolute Gasteiger partial charge is 2.00 e.